The number of Topliss-reactive ketones (excluding diaryl/α,β-unsaturated/α-hetero) is 1. The van der Waals surface area contributed by atoms with Gasteiger partial charge in [-0.1, -0.05) is 39.0 Å². The molecule has 2 aliphatic rings. The van der Waals surface area contributed by atoms with Crippen molar-refractivity contribution in [2.75, 3.05) is 25.1 Å². The fourth-order valence-electron chi connectivity index (χ4n) is 4.79. The summed E-state index contributed by atoms with van der Waals surface area (Å²) in [5, 5.41) is 3.35. The van der Waals surface area contributed by atoms with Crippen LogP contribution in [0.5, 0.6) is 0 Å². The first kappa shape index (κ1) is 29.5. The number of nitrogens with one attached hydrogen (secondary N) is 1. The maximum atomic E-state index is 13.6. The molecule has 7 nitrogen and oxygen atoms in total. The Morgan fingerprint density at radius 2 is 1.82 bits per heavy atom. The molecule has 1 N–H and O–H groups in total. The van der Waals surface area contributed by atoms with Crippen LogP contribution in [0.4, 0.5) is 23.2 Å². The normalized spacial score (nSPS) is 19.8. The molecule has 1 aliphatic carbocycles. The van der Waals surface area contributed by atoms with Gasteiger partial charge in [-0.25, -0.2) is 4.39 Å². The molecular formula is C29H33F4N3O4. The topological polar surface area (TPSA) is 79.0 Å². The molecule has 1 unspecified atom stereocenters. The zero-order valence-electron chi connectivity index (χ0n) is 22.9. The number of rotatable bonds is 9. The van der Waals surface area contributed by atoms with Crippen molar-refractivity contribution in [3.63, 3.8) is 0 Å². The van der Waals surface area contributed by atoms with Gasteiger partial charge in [0.1, 0.15) is 25.1 Å². The molecule has 1 saturated heterocycles. The molecule has 1 aliphatic heterocycles. The van der Waals surface area contributed by atoms with Crippen LogP contribution in [-0.2, 0) is 37.7 Å². The fraction of sp³-hybridized carbons (Fsp3) is 0.483. The van der Waals surface area contributed by atoms with E-state index in [0.717, 1.165) is 36.1 Å². The van der Waals surface area contributed by atoms with E-state index in [9.17, 15) is 31.9 Å². The molecule has 0 bridgehead atoms. The molecular weight excluding hydrogens is 530 g/mol. The van der Waals surface area contributed by atoms with Gasteiger partial charge >= 0.3 is 6.18 Å². The number of fused-ring (bicyclic) bond motifs is 2. The van der Waals surface area contributed by atoms with Gasteiger partial charge in [-0.15, -0.1) is 0 Å². The van der Waals surface area contributed by atoms with Crippen molar-refractivity contribution in [1.29, 1.82) is 0 Å². The molecule has 0 saturated carbocycles. The van der Waals surface area contributed by atoms with Crippen LogP contribution >= 0.6 is 0 Å². The van der Waals surface area contributed by atoms with Crippen molar-refractivity contribution in [3.05, 3.63) is 65.0 Å². The summed E-state index contributed by atoms with van der Waals surface area (Å²) in [7, 11) is 0. The van der Waals surface area contributed by atoms with Crippen molar-refractivity contribution >= 4 is 23.3 Å². The second kappa shape index (κ2) is 10.8. The van der Waals surface area contributed by atoms with E-state index in [1.807, 2.05) is 0 Å². The highest BCUT2D eigenvalue weighted by molar-refractivity contribution is 6.15. The molecule has 2 amide bonds. The predicted molar refractivity (Wildman–Crippen MR) is 140 cm³/mol. The number of benzene rings is 2. The molecule has 0 aromatic heterocycles. The van der Waals surface area contributed by atoms with Gasteiger partial charge in [0.2, 0.25) is 11.5 Å². The lowest BCUT2D eigenvalue weighted by atomic mass is 9.90. The molecule has 1 spiro atoms. The minimum absolute atomic E-state index is 0.0443. The first-order valence-electron chi connectivity index (χ1n) is 13.1. The summed E-state index contributed by atoms with van der Waals surface area (Å²) in [6.07, 6.45) is -3.81. The van der Waals surface area contributed by atoms with Crippen LogP contribution in [0.2, 0.25) is 0 Å². The number of halogens is 4. The molecule has 1 fully saturated rings. The SMILES string of the molecule is CCC(C)(C)CNc1ccc2c(c1)CC(=O)[C@]21OCN(CC(=O)N(Cc2ccc(F)cc2)C(C)C(F)(F)F)C1=O. The van der Waals surface area contributed by atoms with Gasteiger partial charge < -0.3 is 19.9 Å². The second-order valence-electron chi connectivity index (χ2n) is 11.2. The summed E-state index contributed by atoms with van der Waals surface area (Å²) in [6.45, 7) is 6.32. The van der Waals surface area contributed by atoms with E-state index in [1.54, 1.807) is 18.2 Å². The van der Waals surface area contributed by atoms with Gasteiger partial charge in [-0.2, -0.15) is 13.2 Å². The van der Waals surface area contributed by atoms with Crippen molar-refractivity contribution in [2.24, 2.45) is 5.41 Å². The average molecular weight is 564 g/mol. The van der Waals surface area contributed by atoms with Crippen LogP contribution in [0.1, 0.15) is 50.8 Å². The monoisotopic (exact) mass is 563 g/mol. The zero-order valence-corrected chi connectivity index (χ0v) is 22.9. The van der Waals surface area contributed by atoms with E-state index in [-0.39, 0.29) is 17.4 Å². The Balaban J connectivity index is 1.53. The maximum Gasteiger partial charge on any atom is 0.408 e. The Labute approximate surface area is 230 Å². The van der Waals surface area contributed by atoms with Crippen LogP contribution in [0.15, 0.2) is 42.5 Å². The maximum absolute atomic E-state index is 13.6. The lowest BCUT2D eigenvalue weighted by Gasteiger charge is -2.32. The highest BCUT2D eigenvalue weighted by Crippen LogP contribution is 2.43. The molecule has 216 valence electrons. The smallest absolute Gasteiger partial charge is 0.385 e. The summed E-state index contributed by atoms with van der Waals surface area (Å²) in [5.74, 6) is -2.81. The van der Waals surface area contributed by atoms with Gasteiger partial charge in [-0.05, 0) is 54.2 Å². The van der Waals surface area contributed by atoms with Crippen molar-refractivity contribution in [3.8, 4) is 0 Å². The van der Waals surface area contributed by atoms with Crippen LogP contribution in [0, 0.1) is 11.2 Å². The molecule has 2 atom stereocenters. The number of ether oxygens (including phenoxy) is 1. The van der Waals surface area contributed by atoms with E-state index in [0.29, 0.717) is 22.6 Å². The van der Waals surface area contributed by atoms with Gasteiger partial charge in [-0.3, -0.25) is 14.4 Å². The Kier molecular flexibility index (Phi) is 7.99. The van der Waals surface area contributed by atoms with E-state index >= 15 is 0 Å². The third-order valence-electron chi connectivity index (χ3n) is 7.84. The number of hydrogen-bond acceptors (Lipinski definition) is 5. The van der Waals surface area contributed by atoms with E-state index in [4.69, 9.17) is 4.74 Å². The Bertz CT molecular complexity index is 1300. The molecule has 0 radical (unpaired) electrons. The van der Waals surface area contributed by atoms with Crippen molar-refractivity contribution < 1.29 is 36.7 Å². The second-order valence-corrected chi connectivity index (χ2v) is 11.2. The van der Waals surface area contributed by atoms with Gasteiger partial charge in [0.05, 0.1) is 0 Å². The van der Waals surface area contributed by atoms with Crippen LogP contribution in [0.25, 0.3) is 0 Å². The van der Waals surface area contributed by atoms with E-state index < -0.39 is 61.1 Å². The first-order chi connectivity index (χ1) is 18.7. The minimum atomic E-state index is -4.74. The number of nitrogens with zero attached hydrogens (tertiary/aromatic N) is 2. The largest absolute Gasteiger partial charge is 0.408 e. The number of hydrogen-bond donors (Lipinski definition) is 1. The average Bonchev–Trinajstić information content (AvgIpc) is 3.37. The number of anilines is 1. The quantitative estimate of drug-likeness (QED) is 0.351. The summed E-state index contributed by atoms with van der Waals surface area (Å²) in [4.78, 5) is 41.4. The Morgan fingerprint density at radius 3 is 2.45 bits per heavy atom. The lowest BCUT2D eigenvalue weighted by molar-refractivity contribution is -0.187. The number of carbonyl (C=O) groups is 3. The van der Waals surface area contributed by atoms with Crippen molar-refractivity contribution in [1.82, 2.24) is 9.80 Å². The van der Waals surface area contributed by atoms with Crippen molar-refractivity contribution in [2.45, 2.75) is 64.9 Å². The fourth-order valence-corrected chi connectivity index (χ4v) is 4.79. The zero-order chi connectivity index (χ0) is 29.5. The predicted octanol–water partition coefficient (Wildman–Crippen LogP) is 4.79. The first-order valence-corrected chi connectivity index (χ1v) is 13.1. The third kappa shape index (κ3) is 5.70. The number of carbonyl (C=O) groups excluding carboxylic acids is 3. The Hall–Kier alpha value is -3.47. The standard InChI is InChI=1S/C29H33F4N3O4/c1-5-27(3,4)16-34-22-10-11-23-20(12-22)13-24(37)28(23)26(39)35(17-40-28)15-25(38)36(18(2)29(31,32)33)14-19-6-8-21(30)9-7-19/h6-12,18,34H,5,13-17H2,1-4H3/t18?,28-/m1/s1. The molecule has 40 heavy (non-hydrogen) atoms. The van der Waals surface area contributed by atoms with Gasteiger partial charge in [0, 0.05) is 30.8 Å². The Morgan fingerprint density at radius 1 is 1.15 bits per heavy atom. The van der Waals surface area contributed by atoms with Crippen LogP contribution in [-0.4, -0.2) is 59.4 Å². The number of amides is 2. The molecule has 2 aromatic rings. The highest BCUT2D eigenvalue weighted by Gasteiger charge is 2.59. The summed E-state index contributed by atoms with van der Waals surface area (Å²) in [5.41, 5.74) is 0.216. The van der Waals surface area contributed by atoms with E-state index in [1.165, 1.54) is 12.1 Å². The molecule has 2 aromatic carbocycles. The highest BCUT2D eigenvalue weighted by atomic mass is 19.4. The van der Waals surface area contributed by atoms with Gasteiger partial charge in [0.25, 0.3) is 5.91 Å². The van der Waals surface area contributed by atoms with E-state index in [2.05, 4.69) is 26.1 Å². The molecule has 11 heteroatoms. The summed E-state index contributed by atoms with van der Waals surface area (Å²) >= 11 is 0. The number of alkyl halides is 3. The molecule has 4 rings (SSSR count). The summed E-state index contributed by atoms with van der Waals surface area (Å²) in [6, 6.07) is 7.79. The summed E-state index contributed by atoms with van der Waals surface area (Å²) < 4.78 is 60.0. The minimum Gasteiger partial charge on any atom is -0.385 e. The third-order valence-corrected chi connectivity index (χ3v) is 7.84. The lowest BCUT2D eigenvalue weighted by Crippen LogP contribution is -2.51. The number of ketones is 1. The van der Waals surface area contributed by atoms with Crippen LogP contribution in [0.3, 0.4) is 0 Å². The molecule has 1 heterocycles. The van der Waals surface area contributed by atoms with Crippen LogP contribution < -0.4 is 5.32 Å². The van der Waals surface area contributed by atoms with Gasteiger partial charge in [0.15, 0.2) is 5.78 Å².